The minimum absolute atomic E-state index is 0.128. The summed E-state index contributed by atoms with van der Waals surface area (Å²) in [6.07, 6.45) is 0.128. The number of amides is 1. The van der Waals surface area contributed by atoms with Gasteiger partial charge in [-0.1, -0.05) is 12.1 Å². The molecule has 0 fully saturated rings. The maximum absolute atomic E-state index is 10.6. The van der Waals surface area contributed by atoms with Crippen LogP contribution in [0.3, 0.4) is 0 Å². The second kappa shape index (κ2) is 5.97. The Hall–Kier alpha value is -1.75. The molecule has 0 heterocycles. The number of nitrogens with two attached hydrogens (primary N) is 1. The molecule has 1 aromatic carbocycles. The van der Waals surface area contributed by atoms with Crippen LogP contribution in [0.15, 0.2) is 18.2 Å². The summed E-state index contributed by atoms with van der Waals surface area (Å²) in [5.41, 5.74) is 5.61. The fraction of sp³-hybridized carbons (Fsp3) is 0.364. The molecule has 0 aliphatic rings. The summed E-state index contributed by atoms with van der Waals surface area (Å²) < 4.78 is 10.5. The van der Waals surface area contributed by atoms with Crippen molar-refractivity contribution in [3.63, 3.8) is 0 Å². The lowest BCUT2D eigenvalue weighted by molar-refractivity contribution is -0.118. The van der Waals surface area contributed by atoms with Crippen molar-refractivity contribution in [2.24, 2.45) is 5.73 Å². The molecule has 0 bridgehead atoms. The maximum Gasteiger partial charge on any atom is 0.220 e. The van der Waals surface area contributed by atoms with Crippen LogP contribution in [0.25, 0.3) is 0 Å². The lowest BCUT2D eigenvalue weighted by atomic mass is 10.2. The Bertz CT molecular complexity index is 343. The smallest absolute Gasteiger partial charge is 0.220 e. The lowest BCUT2D eigenvalue weighted by Crippen LogP contribution is -2.15. The Morgan fingerprint density at radius 3 is 2.81 bits per heavy atom. The molecule has 0 radical (unpaired) electrons. The van der Waals surface area contributed by atoms with E-state index < -0.39 is 5.91 Å². The van der Waals surface area contributed by atoms with Gasteiger partial charge in [0.15, 0.2) is 11.5 Å². The van der Waals surface area contributed by atoms with Gasteiger partial charge in [-0.25, -0.2) is 0 Å². The van der Waals surface area contributed by atoms with Crippen LogP contribution >= 0.6 is 0 Å². The predicted octanol–water partition coefficient (Wildman–Crippen LogP) is 0.442. The third-order valence-electron chi connectivity index (χ3n) is 2.05. The Morgan fingerprint density at radius 2 is 2.25 bits per heavy atom. The Kier molecular flexibility index (Phi) is 4.60. The first kappa shape index (κ1) is 12.3. The van der Waals surface area contributed by atoms with Crippen molar-refractivity contribution in [1.29, 1.82) is 0 Å². The summed E-state index contributed by atoms with van der Waals surface area (Å²) in [6, 6.07) is 5.20. The number of hydrogen-bond acceptors (Lipinski definition) is 4. The predicted molar refractivity (Wildman–Crippen MR) is 58.2 cm³/mol. The van der Waals surface area contributed by atoms with Crippen molar-refractivity contribution in [1.82, 2.24) is 0 Å². The number of methoxy groups -OCH3 is 1. The van der Waals surface area contributed by atoms with Gasteiger partial charge in [-0.2, -0.15) is 0 Å². The van der Waals surface area contributed by atoms with E-state index in [1.165, 1.54) is 7.11 Å². The van der Waals surface area contributed by atoms with Crippen molar-refractivity contribution in [3.8, 4) is 11.5 Å². The minimum Gasteiger partial charge on any atom is -0.493 e. The number of benzene rings is 1. The van der Waals surface area contributed by atoms with Gasteiger partial charge in [0.2, 0.25) is 5.91 Å². The van der Waals surface area contributed by atoms with Crippen LogP contribution in [0.4, 0.5) is 0 Å². The molecule has 5 nitrogen and oxygen atoms in total. The first-order chi connectivity index (χ1) is 7.69. The molecule has 0 aromatic heterocycles. The number of ether oxygens (including phenoxy) is 2. The van der Waals surface area contributed by atoms with E-state index in [0.717, 1.165) is 0 Å². The number of primary amides is 1. The van der Waals surface area contributed by atoms with Gasteiger partial charge in [-0.15, -0.1) is 0 Å². The number of para-hydroxylation sites is 1. The lowest BCUT2D eigenvalue weighted by Gasteiger charge is -2.13. The van der Waals surface area contributed by atoms with Crippen molar-refractivity contribution in [2.75, 3.05) is 13.7 Å². The van der Waals surface area contributed by atoms with Crippen LogP contribution in [0.2, 0.25) is 0 Å². The zero-order chi connectivity index (χ0) is 12.0. The van der Waals surface area contributed by atoms with E-state index >= 15 is 0 Å². The molecule has 3 N–H and O–H groups in total. The molecule has 0 atom stereocenters. The SMILES string of the molecule is COc1cccc(CO)c1OCCC(N)=O. The second-order valence-corrected chi connectivity index (χ2v) is 3.17. The fourth-order valence-corrected chi connectivity index (χ4v) is 1.26. The molecule has 1 rings (SSSR count). The molecule has 5 heteroatoms. The number of rotatable bonds is 6. The highest BCUT2D eigenvalue weighted by Crippen LogP contribution is 2.31. The molecule has 0 aliphatic heterocycles. The molecule has 16 heavy (non-hydrogen) atoms. The number of aliphatic hydroxyl groups is 1. The zero-order valence-corrected chi connectivity index (χ0v) is 9.10. The van der Waals surface area contributed by atoms with Gasteiger partial charge < -0.3 is 20.3 Å². The summed E-state index contributed by atoms with van der Waals surface area (Å²) in [5, 5.41) is 9.12. The average molecular weight is 225 g/mol. The maximum atomic E-state index is 10.6. The normalized spacial score (nSPS) is 9.88. The first-order valence-electron chi connectivity index (χ1n) is 4.87. The number of hydrogen-bond donors (Lipinski definition) is 2. The van der Waals surface area contributed by atoms with Gasteiger partial charge in [-0.05, 0) is 6.07 Å². The van der Waals surface area contributed by atoms with E-state index in [-0.39, 0.29) is 19.6 Å². The average Bonchev–Trinajstić information content (AvgIpc) is 2.28. The Labute approximate surface area is 93.8 Å². The van der Waals surface area contributed by atoms with Crippen LogP contribution in [-0.2, 0) is 11.4 Å². The fourth-order valence-electron chi connectivity index (χ4n) is 1.26. The van der Waals surface area contributed by atoms with Gasteiger partial charge >= 0.3 is 0 Å². The molecule has 0 saturated carbocycles. The van der Waals surface area contributed by atoms with Crippen LogP contribution in [0.1, 0.15) is 12.0 Å². The highest BCUT2D eigenvalue weighted by atomic mass is 16.5. The van der Waals surface area contributed by atoms with E-state index in [4.69, 9.17) is 20.3 Å². The number of carbonyl (C=O) groups is 1. The number of carbonyl (C=O) groups excluding carboxylic acids is 1. The van der Waals surface area contributed by atoms with Crippen molar-refractivity contribution in [2.45, 2.75) is 13.0 Å². The third-order valence-corrected chi connectivity index (χ3v) is 2.05. The molecule has 1 aromatic rings. The van der Waals surface area contributed by atoms with Gasteiger partial charge in [0.1, 0.15) is 0 Å². The van der Waals surface area contributed by atoms with Crippen LogP contribution < -0.4 is 15.2 Å². The first-order valence-corrected chi connectivity index (χ1v) is 4.87. The summed E-state index contributed by atoms with van der Waals surface area (Å²) in [4.78, 5) is 10.6. The van der Waals surface area contributed by atoms with Crippen LogP contribution in [-0.4, -0.2) is 24.7 Å². The Morgan fingerprint density at radius 1 is 1.50 bits per heavy atom. The summed E-state index contributed by atoms with van der Waals surface area (Å²) >= 11 is 0. The van der Waals surface area contributed by atoms with E-state index in [0.29, 0.717) is 17.1 Å². The molecule has 1 amide bonds. The minimum atomic E-state index is -0.430. The molecule has 0 saturated heterocycles. The molecular weight excluding hydrogens is 210 g/mol. The third kappa shape index (κ3) is 3.13. The topological polar surface area (TPSA) is 81.8 Å². The largest absolute Gasteiger partial charge is 0.493 e. The van der Waals surface area contributed by atoms with E-state index in [1.54, 1.807) is 18.2 Å². The van der Waals surface area contributed by atoms with E-state index in [1.807, 2.05) is 0 Å². The van der Waals surface area contributed by atoms with Gasteiger partial charge in [0.25, 0.3) is 0 Å². The summed E-state index contributed by atoms with van der Waals surface area (Å²) in [7, 11) is 1.51. The molecular formula is C11H15NO4. The van der Waals surface area contributed by atoms with Crippen LogP contribution in [0.5, 0.6) is 11.5 Å². The molecule has 0 spiro atoms. The summed E-state index contributed by atoms with van der Waals surface area (Å²) in [5.74, 6) is 0.546. The summed E-state index contributed by atoms with van der Waals surface area (Å²) in [6.45, 7) is 0.0197. The van der Waals surface area contributed by atoms with Crippen molar-refractivity contribution < 1.29 is 19.4 Å². The van der Waals surface area contributed by atoms with Gasteiger partial charge in [0, 0.05) is 5.56 Å². The highest BCUT2D eigenvalue weighted by Gasteiger charge is 2.09. The van der Waals surface area contributed by atoms with Crippen LogP contribution in [0, 0.1) is 0 Å². The van der Waals surface area contributed by atoms with Gasteiger partial charge in [0.05, 0.1) is 26.7 Å². The monoisotopic (exact) mass is 225 g/mol. The second-order valence-electron chi connectivity index (χ2n) is 3.17. The molecule has 0 unspecified atom stereocenters. The van der Waals surface area contributed by atoms with E-state index in [2.05, 4.69) is 0 Å². The standard InChI is InChI=1S/C11H15NO4/c1-15-9-4-2-3-8(7-13)11(9)16-6-5-10(12)14/h2-4,13H,5-7H2,1H3,(H2,12,14). The number of aliphatic hydroxyl groups excluding tert-OH is 1. The highest BCUT2D eigenvalue weighted by molar-refractivity contribution is 5.73. The van der Waals surface area contributed by atoms with Crippen molar-refractivity contribution >= 4 is 5.91 Å². The van der Waals surface area contributed by atoms with Gasteiger partial charge in [-0.3, -0.25) is 4.79 Å². The molecule has 0 aliphatic carbocycles. The van der Waals surface area contributed by atoms with Crippen molar-refractivity contribution in [3.05, 3.63) is 23.8 Å². The quantitative estimate of drug-likeness (QED) is 0.736. The molecule has 88 valence electrons. The Balaban J connectivity index is 2.78. The van der Waals surface area contributed by atoms with E-state index in [9.17, 15) is 4.79 Å². The zero-order valence-electron chi connectivity index (χ0n) is 9.10.